The van der Waals surface area contributed by atoms with Crippen LogP contribution >= 0.6 is 0 Å². The van der Waals surface area contributed by atoms with Gasteiger partial charge in [0.15, 0.2) is 0 Å². The molecule has 0 heterocycles. The van der Waals surface area contributed by atoms with Crippen molar-refractivity contribution < 1.29 is 68.4 Å². The van der Waals surface area contributed by atoms with E-state index in [1.54, 1.807) is 6.92 Å². The predicted octanol–water partition coefficient (Wildman–Crippen LogP) is 0.829. The van der Waals surface area contributed by atoms with Crippen LogP contribution in [-0.4, -0.2) is 17.3 Å². The molecule has 0 aromatic rings. The Kier molecular flexibility index (Phi) is 7.51. The molecule has 3 aliphatic carbocycles. The molecule has 0 aromatic carbocycles. The van der Waals surface area contributed by atoms with Crippen LogP contribution in [0, 0.1) is 11.3 Å². The van der Waals surface area contributed by atoms with Gasteiger partial charge in [0.25, 0.3) is 0 Å². The first kappa shape index (κ1) is 21.0. The largest absolute Gasteiger partial charge is 1.00 e. The number of allylic oxidation sites excluding steroid dienone is 4. The van der Waals surface area contributed by atoms with E-state index in [2.05, 4.69) is 31.7 Å². The number of aliphatic hydroxyl groups excluding tert-OH is 1. The molecule has 3 aliphatic rings. The first-order valence-electron chi connectivity index (χ1n) is 9.06. The van der Waals surface area contributed by atoms with Gasteiger partial charge < -0.3 is 10.2 Å². The van der Waals surface area contributed by atoms with Crippen molar-refractivity contribution >= 4 is 0 Å². The van der Waals surface area contributed by atoms with E-state index in [-0.39, 0.29) is 69.7 Å². The Hall–Kier alpha value is 0.685. The van der Waals surface area contributed by atoms with E-state index in [4.69, 9.17) is 0 Å². The van der Waals surface area contributed by atoms with Crippen molar-refractivity contribution in [1.82, 2.24) is 0 Å². The zero-order chi connectivity index (χ0) is 16.6. The molecule has 126 valence electrons. The van der Waals surface area contributed by atoms with E-state index >= 15 is 0 Å². The van der Waals surface area contributed by atoms with Gasteiger partial charge in [0.05, 0.1) is 6.10 Å². The average Bonchev–Trinajstić information content (AvgIpc) is 2.86. The van der Waals surface area contributed by atoms with Crippen LogP contribution in [0.15, 0.2) is 47.1 Å². The molecule has 0 amide bonds. The van der Waals surface area contributed by atoms with Gasteiger partial charge in [0.2, 0.25) is 0 Å². The molecule has 1 N–H and O–H groups in total. The van der Waals surface area contributed by atoms with E-state index in [9.17, 15) is 10.2 Å². The SMILES string of the molecule is C=C1/C(=C\C=C2/CCCC3(C)C(C(C)[O-])=CCC23)CCCC1O.[Rb+]. The third kappa shape index (κ3) is 3.99. The van der Waals surface area contributed by atoms with E-state index < -0.39 is 6.10 Å². The molecule has 0 spiro atoms. The summed E-state index contributed by atoms with van der Waals surface area (Å²) in [7, 11) is 0. The number of fused-ring (bicyclic) bond motifs is 1. The normalized spacial score (nSPS) is 37.8. The molecule has 2 fully saturated rings. The molecule has 4 unspecified atom stereocenters. The second-order valence-electron chi connectivity index (χ2n) is 7.73. The molecule has 0 radical (unpaired) electrons. The molecule has 2 saturated carbocycles. The minimum atomic E-state index is -0.587. The molecule has 2 nitrogen and oxygen atoms in total. The fraction of sp³-hybridized carbons (Fsp3) is 0.619. The standard InChI is InChI=1S/C21H29O2.Rb/c1-14-16(6-4-8-20(14)23)9-10-17-7-5-13-21(3)18(15(2)22)11-12-19(17)21;/h9-11,15,19-20,23H,1,4-8,12-13H2,2-3H3;/q-1;+1/b16-9-,17-10+;. The third-order valence-electron chi connectivity index (χ3n) is 6.29. The van der Waals surface area contributed by atoms with Crippen molar-refractivity contribution in [3.63, 3.8) is 0 Å². The van der Waals surface area contributed by atoms with Gasteiger partial charge in [-0.2, -0.15) is 0 Å². The molecule has 3 heteroatoms. The summed E-state index contributed by atoms with van der Waals surface area (Å²) in [6.07, 6.45) is 13.0. The summed E-state index contributed by atoms with van der Waals surface area (Å²) in [6.45, 7) is 8.13. The van der Waals surface area contributed by atoms with Crippen molar-refractivity contribution in [3.8, 4) is 0 Å². The molecule has 0 saturated heterocycles. The topological polar surface area (TPSA) is 43.3 Å². The van der Waals surface area contributed by atoms with Crippen molar-refractivity contribution in [2.45, 2.75) is 71.0 Å². The van der Waals surface area contributed by atoms with Crippen molar-refractivity contribution in [2.24, 2.45) is 11.3 Å². The van der Waals surface area contributed by atoms with Crippen LogP contribution < -0.4 is 63.3 Å². The maximum Gasteiger partial charge on any atom is 1.00 e. The maximum absolute atomic E-state index is 12.0. The van der Waals surface area contributed by atoms with Gasteiger partial charge in [-0.1, -0.05) is 49.8 Å². The number of aliphatic hydroxyl groups is 1. The van der Waals surface area contributed by atoms with E-state index in [1.165, 1.54) is 11.1 Å². The predicted molar refractivity (Wildman–Crippen MR) is 92.8 cm³/mol. The van der Waals surface area contributed by atoms with Crippen LogP contribution in [0.1, 0.15) is 58.8 Å². The summed E-state index contributed by atoms with van der Waals surface area (Å²) < 4.78 is 0. The monoisotopic (exact) mass is 398 g/mol. The number of hydrogen-bond acceptors (Lipinski definition) is 2. The fourth-order valence-corrected chi connectivity index (χ4v) is 4.91. The summed E-state index contributed by atoms with van der Waals surface area (Å²) in [5.41, 5.74) is 4.76. The Morgan fingerprint density at radius 2 is 2.08 bits per heavy atom. The second kappa shape index (κ2) is 8.58. The molecule has 3 rings (SSSR count). The molecule has 0 bridgehead atoms. The van der Waals surface area contributed by atoms with Gasteiger partial charge in [-0.05, 0) is 67.4 Å². The first-order valence-corrected chi connectivity index (χ1v) is 9.06. The molecule has 24 heavy (non-hydrogen) atoms. The van der Waals surface area contributed by atoms with Crippen LogP contribution in [0.3, 0.4) is 0 Å². The van der Waals surface area contributed by atoms with Crippen molar-refractivity contribution in [3.05, 3.63) is 47.1 Å². The molecule has 0 aliphatic heterocycles. The smallest absolute Gasteiger partial charge is 0.849 e. The Labute approximate surface area is 195 Å². The van der Waals surface area contributed by atoms with Crippen LogP contribution in [0.4, 0.5) is 0 Å². The zero-order valence-electron chi connectivity index (χ0n) is 15.5. The summed E-state index contributed by atoms with van der Waals surface area (Å²) in [6, 6.07) is 0. The molecular formula is C21H29O2Rb. The van der Waals surface area contributed by atoms with Gasteiger partial charge >= 0.3 is 58.2 Å². The fourth-order valence-electron chi connectivity index (χ4n) is 4.91. The zero-order valence-corrected chi connectivity index (χ0v) is 20.4. The summed E-state index contributed by atoms with van der Waals surface area (Å²) >= 11 is 0. The van der Waals surface area contributed by atoms with E-state index in [1.807, 2.05) is 0 Å². The van der Waals surface area contributed by atoms with Crippen molar-refractivity contribution in [2.75, 3.05) is 0 Å². The van der Waals surface area contributed by atoms with Crippen LogP contribution in [0.25, 0.3) is 0 Å². The van der Waals surface area contributed by atoms with Gasteiger partial charge in [-0.15, -0.1) is 6.10 Å². The Morgan fingerprint density at radius 1 is 1.33 bits per heavy atom. The van der Waals surface area contributed by atoms with Crippen LogP contribution in [-0.2, 0) is 0 Å². The average molecular weight is 399 g/mol. The minimum absolute atomic E-state index is 0. The van der Waals surface area contributed by atoms with Crippen molar-refractivity contribution in [1.29, 1.82) is 0 Å². The number of rotatable bonds is 2. The van der Waals surface area contributed by atoms with Gasteiger partial charge in [-0.25, -0.2) is 0 Å². The van der Waals surface area contributed by atoms with Crippen LogP contribution in [0.5, 0.6) is 0 Å². The summed E-state index contributed by atoms with van der Waals surface area (Å²) in [5, 5.41) is 22.0. The first-order chi connectivity index (χ1) is 10.9. The third-order valence-corrected chi connectivity index (χ3v) is 6.29. The van der Waals surface area contributed by atoms with E-state index in [0.717, 1.165) is 56.1 Å². The quantitative estimate of drug-likeness (QED) is 0.700. The number of hydrogen-bond donors (Lipinski definition) is 1. The summed E-state index contributed by atoms with van der Waals surface area (Å²) in [4.78, 5) is 0. The molecule has 4 atom stereocenters. The van der Waals surface area contributed by atoms with Gasteiger partial charge in [-0.3, -0.25) is 0 Å². The minimum Gasteiger partial charge on any atom is -0.849 e. The summed E-state index contributed by atoms with van der Waals surface area (Å²) in [5.74, 6) is 0.487. The Bertz CT molecular complexity index is 585. The second-order valence-corrected chi connectivity index (χ2v) is 7.73. The van der Waals surface area contributed by atoms with E-state index in [0.29, 0.717) is 5.92 Å². The maximum atomic E-state index is 12.0. The molecule has 0 aromatic heterocycles. The van der Waals surface area contributed by atoms with Gasteiger partial charge in [0, 0.05) is 0 Å². The Balaban J connectivity index is 0.00000208. The van der Waals surface area contributed by atoms with Gasteiger partial charge in [0.1, 0.15) is 0 Å². The Morgan fingerprint density at radius 3 is 2.79 bits per heavy atom. The molecular weight excluding hydrogens is 370 g/mol. The van der Waals surface area contributed by atoms with Crippen LogP contribution in [0.2, 0.25) is 0 Å².